The molecule has 22 heavy (non-hydrogen) atoms. The van der Waals surface area contributed by atoms with Gasteiger partial charge in [-0.3, -0.25) is 0 Å². The third kappa shape index (κ3) is 4.87. The summed E-state index contributed by atoms with van der Waals surface area (Å²) < 4.78 is 37.7. The SMILES string of the molecule is CC(C)CCN1CCCN(c2ccc(C(F)(F)F)cn2)CC1. The largest absolute Gasteiger partial charge is 0.417 e. The van der Waals surface area contributed by atoms with Gasteiger partial charge in [0, 0.05) is 25.8 Å². The zero-order chi connectivity index (χ0) is 16.2. The number of rotatable bonds is 4. The minimum atomic E-state index is -4.32. The average molecular weight is 315 g/mol. The lowest BCUT2D eigenvalue weighted by atomic mass is 10.1. The third-order valence-corrected chi connectivity index (χ3v) is 4.01. The quantitative estimate of drug-likeness (QED) is 0.845. The van der Waals surface area contributed by atoms with Crippen molar-refractivity contribution in [1.82, 2.24) is 9.88 Å². The molecule has 124 valence electrons. The summed E-state index contributed by atoms with van der Waals surface area (Å²) in [7, 11) is 0. The number of hydrogen-bond acceptors (Lipinski definition) is 3. The fourth-order valence-electron chi connectivity index (χ4n) is 2.61. The Balaban J connectivity index is 1.93. The molecular formula is C16H24F3N3. The van der Waals surface area contributed by atoms with Gasteiger partial charge in [0.05, 0.1) is 5.56 Å². The topological polar surface area (TPSA) is 19.4 Å². The lowest BCUT2D eigenvalue weighted by Gasteiger charge is -2.23. The van der Waals surface area contributed by atoms with E-state index in [4.69, 9.17) is 0 Å². The van der Waals surface area contributed by atoms with Crippen molar-refractivity contribution in [2.75, 3.05) is 37.6 Å². The van der Waals surface area contributed by atoms with Gasteiger partial charge in [-0.2, -0.15) is 13.2 Å². The van der Waals surface area contributed by atoms with Gasteiger partial charge in [0.15, 0.2) is 0 Å². The lowest BCUT2D eigenvalue weighted by molar-refractivity contribution is -0.137. The van der Waals surface area contributed by atoms with Crippen LogP contribution in [0.25, 0.3) is 0 Å². The predicted octanol–water partition coefficient (Wildman–Crippen LogP) is 3.66. The van der Waals surface area contributed by atoms with Crippen LogP contribution < -0.4 is 4.90 Å². The number of alkyl halides is 3. The Bertz CT molecular complexity index is 457. The second-order valence-electron chi connectivity index (χ2n) is 6.27. The van der Waals surface area contributed by atoms with Crippen molar-refractivity contribution in [1.29, 1.82) is 0 Å². The molecule has 1 aromatic heterocycles. The van der Waals surface area contributed by atoms with Crippen LogP contribution in [0.5, 0.6) is 0 Å². The highest BCUT2D eigenvalue weighted by Gasteiger charge is 2.31. The molecule has 0 bridgehead atoms. The van der Waals surface area contributed by atoms with E-state index in [9.17, 15) is 13.2 Å². The molecule has 0 spiro atoms. The number of nitrogens with zero attached hydrogens (tertiary/aromatic N) is 3. The maximum absolute atomic E-state index is 12.6. The van der Waals surface area contributed by atoms with Gasteiger partial charge >= 0.3 is 6.18 Å². The van der Waals surface area contributed by atoms with Crippen LogP contribution in [0.3, 0.4) is 0 Å². The molecule has 0 N–H and O–H groups in total. The standard InChI is InChI=1S/C16H24F3N3/c1-13(2)6-9-21-7-3-8-22(11-10-21)15-5-4-14(12-20-15)16(17,18)19/h4-5,12-13H,3,6-11H2,1-2H3. The molecule has 0 amide bonds. The summed E-state index contributed by atoms with van der Waals surface area (Å²) in [4.78, 5) is 8.51. The highest BCUT2D eigenvalue weighted by molar-refractivity contribution is 5.40. The first-order chi connectivity index (χ1) is 10.4. The molecule has 0 aliphatic carbocycles. The number of aromatic nitrogens is 1. The molecule has 0 aromatic carbocycles. The van der Waals surface area contributed by atoms with Gasteiger partial charge in [-0.15, -0.1) is 0 Å². The van der Waals surface area contributed by atoms with Crippen molar-refractivity contribution < 1.29 is 13.2 Å². The van der Waals surface area contributed by atoms with E-state index in [1.54, 1.807) is 0 Å². The summed E-state index contributed by atoms with van der Waals surface area (Å²) in [6.07, 6.45) is -1.20. The van der Waals surface area contributed by atoms with Crippen LogP contribution in [0.4, 0.5) is 19.0 Å². The normalized spacial score (nSPS) is 17.8. The van der Waals surface area contributed by atoms with Crippen molar-refractivity contribution in [2.45, 2.75) is 32.9 Å². The summed E-state index contributed by atoms with van der Waals surface area (Å²) in [5.41, 5.74) is -0.690. The van der Waals surface area contributed by atoms with Crippen molar-refractivity contribution >= 4 is 5.82 Å². The van der Waals surface area contributed by atoms with Crippen molar-refractivity contribution in [3.63, 3.8) is 0 Å². The molecule has 6 heteroatoms. The third-order valence-electron chi connectivity index (χ3n) is 4.01. The second kappa shape index (κ2) is 7.31. The summed E-state index contributed by atoms with van der Waals surface area (Å²) in [5, 5.41) is 0. The maximum Gasteiger partial charge on any atom is 0.417 e. The van der Waals surface area contributed by atoms with E-state index < -0.39 is 11.7 Å². The van der Waals surface area contributed by atoms with Gasteiger partial charge in [0.1, 0.15) is 5.82 Å². The van der Waals surface area contributed by atoms with Crippen molar-refractivity contribution in [2.24, 2.45) is 5.92 Å². The Morgan fingerprint density at radius 3 is 2.50 bits per heavy atom. The zero-order valence-electron chi connectivity index (χ0n) is 13.2. The molecule has 0 unspecified atom stereocenters. The van der Waals surface area contributed by atoms with E-state index in [2.05, 4.69) is 28.6 Å². The van der Waals surface area contributed by atoms with Crippen molar-refractivity contribution in [3.05, 3.63) is 23.9 Å². The molecule has 0 radical (unpaired) electrons. The summed E-state index contributed by atoms with van der Waals surface area (Å²) >= 11 is 0. The number of hydrogen-bond donors (Lipinski definition) is 0. The molecule has 2 rings (SSSR count). The Hall–Kier alpha value is -1.30. The predicted molar refractivity (Wildman–Crippen MR) is 82.0 cm³/mol. The number of anilines is 1. The fourth-order valence-corrected chi connectivity index (χ4v) is 2.61. The Kier molecular flexibility index (Phi) is 5.67. The van der Waals surface area contributed by atoms with Crippen LogP contribution in [0.15, 0.2) is 18.3 Å². The molecule has 0 atom stereocenters. The molecule has 1 saturated heterocycles. The maximum atomic E-state index is 12.6. The second-order valence-corrected chi connectivity index (χ2v) is 6.27. The van der Waals surface area contributed by atoms with Crippen LogP contribution in [-0.2, 0) is 6.18 Å². The van der Waals surface area contributed by atoms with Crippen LogP contribution >= 0.6 is 0 Å². The molecule has 1 aromatic rings. The highest BCUT2D eigenvalue weighted by atomic mass is 19.4. The molecule has 0 saturated carbocycles. The lowest BCUT2D eigenvalue weighted by Crippen LogP contribution is -2.32. The average Bonchev–Trinajstić information content (AvgIpc) is 2.70. The molecule has 2 heterocycles. The van der Waals surface area contributed by atoms with E-state index in [0.717, 1.165) is 51.4 Å². The summed E-state index contributed by atoms with van der Waals surface area (Å²) in [6, 6.07) is 2.59. The smallest absolute Gasteiger partial charge is 0.355 e. The van der Waals surface area contributed by atoms with Crippen LogP contribution in [0.1, 0.15) is 32.3 Å². The van der Waals surface area contributed by atoms with Gasteiger partial charge in [-0.05, 0) is 44.0 Å². The first-order valence-electron chi connectivity index (χ1n) is 7.87. The number of halogens is 3. The Labute approximate surface area is 130 Å². The van der Waals surface area contributed by atoms with Crippen LogP contribution in [0, 0.1) is 5.92 Å². The van der Waals surface area contributed by atoms with Gasteiger partial charge in [0.25, 0.3) is 0 Å². The Morgan fingerprint density at radius 1 is 1.14 bits per heavy atom. The summed E-state index contributed by atoms with van der Waals surface area (Å²) in [6.45, 7) is 9.17. The van der Waals surface area contributed by atoms with Gasteiger partial charge in [0.2, 0.25) is 0 Å². The van der Waals surface area contributed by atoms with E-state index in [-0.39, 0.29) is 0 Å². The fraction of sp³-hybridized carbons (Fsp3) is 0.688. The molecule has 1 aliphatic heterocycles. The van der Waals surface area contributed by atoms with E-state index >= 15 is 0 Å². The van der Waals surface area contributed by atoms with E-state index in [1.165, 1.54) is 12.5 Å². The molecule has 3 nitrogen and oxygen atoms in total. The molecular weight excluding hydrogens is 291 g/mol. The first kappa shape index (κ1) is 17.1. The summed E-state index contributed by atoms with van der Waals surface area (Å²) in [5.74, 6) is 1.33. The number of pyridine rings is 1. The van der Waals surface area contributed by atoms with E-state index in [0.29, 0.717) is 11.7 Å². The minimum absolute atomic E-state index is 0.638. The Morgan fingerprint density at radius 2 is 1.91 bits per heavy atom. The minimum Gasteiger partial charge on any atom is -0.355 e. The highest BCUT2D eigenvalue weighted by Crippen LogP contribution is 2.29. The zero-order valence-corrected chi connectivity index (χ0v) is 13.2. The van der Waals surface area contributed by atoms with Crippen LogP contribution in [-0.4, -0.2) is 42.6 Å². The molecule has 1 fully saturated rings. The van der Waals surface area contributed by atoms with Crippen LogP contribution in [0.2, 0.25) is 0 Å². The monoisotopic (exact) mass is 315 g/mol. The van der Waals surface area contributed by atoms with Gasteiger partial charge in [-0.25, -0.2) is 4.98 Å². The first-order valence-corrected chi connectivity index (χ1v) is 7.87. The molecule has 1 aliphatic rings. The van der Waals surface area contributed by atoms with Crippen molar-refractivity contribution in [3.8, 4) is 0 Å². The van der Waals surface area contributed by atoms with Gasteiger partial charge in [-0.1, -0.05) is 13.8 Å². The van der Waals surface area contributed by atoms with Gasteiger partial charge < -0.3 is 9.80 Å². The van der Waals surface area contributed by atoms with E-state index in [1.807, 2.05) is 0 Å².